The second-order valence-electron chi connectivity index (χ2n) is 7.91. The second-order valence-corrected chi connectivity index (χ2v) is 7.91. The maximum atomic E-state index is 5.98. The van der Waals surface area contributed by atoms with E-state index in [1.807, 2.05) is 0 Å². The predicted octanol–water partition coefficient (Wildman–Crippen LogP) is 3.35. The number of halogens is 1. The first kappa shape index (κ1) is 25.9. The van der Waals surface area contributed by atoms with Crippen molar-refractivity contribution < 1.29 is 9.47 Å². The molecule has 1 heterocycles. The molecule has 2 aliphatic rings. The van der Waals surface area contributed by atoms with Gasteiger partial charge in [0, 0.05) is 52.5 Å². The Labute approximate surface area is 189 Å². The van der Waals surface area contributed by atoms with E-state index in [1.54, 1.807) is 7.11 Å². The first-order chi connectivity index (χ1) is 13.2. The van der Waals surface area contributed by atoms with Gasteiger partial charge in [0.05, 0.1) is 12.6 Å². The van der Waals surface area contributed by atoms with Crippen molar-refractivity contribution in [2.24, 2.45) is 4.99 Å². The normalized spacial score (nSPS) is 19.7. The van der Waals surface area contributed by atoms with Crippen LogP contribution in [0.25, 0.3) is 0 Å². The average molecular weight is 511 g/mol. The van der Waals surface area contributed by atoms with Gasteiger partial charge in [-0.1, -0.05) is 19.3 Å². The van der Waals surface area contributed by atoms with Crippen LogP contribution < -0.4 is 5.32 Å². The lowest BCUT2D eigenvalue weighted by Gasteiger charge is -2.34. The summed E-state index contributed by atoms with van der Waals surface area (Å²) in [6.07, 6.45) is 10.5. The molecule has 2 fully saturated rings. The summed E-state index contributed by atoms with van der Waals surface area (Å²) >= 11 is 0. The highest BCUT2D eigenvalue weighted by Gasteiger charge is 2.22. The number of guanidine groups is 1. The summed E-state index contributed by atoms with van der Waals surface area (Å²) in [5.41, 5.74) is 0. The van der Waals surface area contributed by atoms with Crippen LogP contribution in [0, 0.1) is 0 Å². The maximum Gasteiger partial charge on any atom is 0.193 e. The fourth-order valence-corrected chi connectivity index (χ4v) is 4.13. The number of rotatable bonds is 10. The number of methoxy groups -OCH3 is 1. The van der Waals surface area contributed by atoms with E-state index in [0.29, 0.717) is 6.10 Å². The first-order valence-corrected chi connectivity index (χ1v) is 11.1. The molecule has 7 heteroatoms. The molecule has 0 aromatic rings. The van der Waals surface area contributed by atoms with E-state index in [9.17, 15) is 0 Å². The molecule has 0 unspecified atom stereocenters. The summed E-state index contributed by atoms with van der Waals surface area (Å²) in [7, 11) is 4.01. The zero-order valence-corrected chi connectivity index (χ0v) is 20.7. The zero-order chi connectivity index (χ0) is 19.3. The smallest absolute Gasteiger partial charge is 0.193 e. The van der Waals surface area contributed by atoms with Gasteiger partial charge in [0.15, 0.2) is 5.96 Å². The van der Waals surface area contributed by atoms with Gasteiger partial charge in [-0.05, 0) is 46.1 Å². The molecule has 2 rings (SSSR count). The van der Waals surface area contributed by atoms with Crippen LogP contribution in [-0.4, -0.2) is 88.0 Å². The van der Waals surface area contributed by atoms with Gasteiger partial charge in [-0.25, -0.2) is 0 Å². The lowest BCUT2D eigenvalue weighted by molar-refractivity contribution is 0.00990. The van der Waals surface area contributed by atoms with Crippen molar-refractivity contribution in [2.45, 2.75) is 70.4 Å². The summed E-state index contributed by atoms with van der Waals surface area (Å²) < 4.78 is 11.1. The number of nitrogens with zero attached hydrogens (tertiary/aromatic N) is 3. The number of ether oxygens (including phenoxy) is 2. The zero-order valence-electron chi connectivity index (χ0n) is 18.3. The second kappa shape index (κ2) is 15.7. The predicted molar refractivity (Wildman–Crippen MR) is 128 cm³/mol. The highest BCUT2D eigenvalue weighted by molar-refractivity contribution is 14.0. The minimum Gasteiger partial charge on any atom is -0.385 e. The molecule has 0 aromatic heterocycles. The third-order valence-electron chi connectivity index (χ3n) is 5.84. The summed E-state index contributed by atoms with van der Waals surface area (Å²) in [5.74, 6) is 1.08. The van der Waals surface area contributed by atoms with Gasteiger partial charge < -0.3 is 24.6 Å². The first-order valence-electron chi connectivity index (χ1n) is 11.1. The van der Waals surface area contributed by atoms with Crippen LogP contribution in [0.1, 0.15) is 58.3 Å². The molecule has 1 aliphatic carbocycles. The number of hydrogen-bond donors (Lipinski definition) is 1. The van der Waals surface area contributed by atoms with Crippen LogP contribution in [0.4, 0.5) is 0 Å². The minimum atomic E-state index is 0. The number of aliphatic imine (C=N–C) groups is 1. The third-order valence-corrected chi connectivity index (χ3v) is 5.84. The van der Waals surface area contributed by atoms with Crippen LogP contribution in [0.5, 0.6) is 0 Å². The van der Waals surface area contributed by atoms with E-state index in [1.165, 1.54) is 32.1 Å². The molecule has 0 radical (unpaired) electrons. The fraction of sp³-hybridized carbons (Fsp3) is 0.952. The molecule has 166 valence electrons. The molecular weight excluding hydrogens is 467 g/mol. The third kappa shape index (κ3) is 9.59. The Morgan fingerprint density at radius 1 is 1.11 bits per heavy atom. The fourth-order valence-electron chi connectivity index (χ4n) is 4.13. The SMILES string of the molecule is CCNC(=NCCN(C)C1CCCCC1)N1CCC(OCCCOC)CC1.I. The van der Waals surface area contributed by atoms with E-state index >= 15 is 0 Å². The summed E-state index contributed by atoms with van der Waals surface area (Å²) in [6, 6.07) is 0.766. The minimum absolute atomic E-state index is 0. The lowest BCUT2D eigenvalue weighted by Crippen LogP contribution is -2.47. The van der Waals surface area contributed by atoms with E-state index < -0.39 is 0 Å². The molecule has 0 amide bonds. The number of likely N-dealkylation sites (tertiary alicyclic amines) is 1. The molecule has 0 spiro atoms. The Morgan fingerprint density at radius 2 is 1.82 bits per heavy atom. The van der Waals surface area contributed by atoms with Gasteiger partial charge in [-0.2, -0.15) is 0 Å². The highest BCUT2D eigenvalue weighted by atomic mass is 127. The Hall–Kier alpha value is -0.120. The number of hydrogen-bond acceptors (Lipinski definition) is 4. The van der Waals surface area contributed by atoms with Crippen molar-refractivity contribution in [3.63, 3.8) is 0 Å². The maximum absolute atomic E-state index is 5.98. The largest absolute Gasteiger partial charge is 0.385 e. The molecular formula is C21H43IN4O2. The molecule has 0 bridgehead atoms. The van der Waals surface area contributed by atoms with Crippen molar-refractivity contribution in [3.8, 4) is 0 Å². The molecule has 0 atom stereocenters. The van der Waals surface area contributed by atoms with E-state index in [0.717, 1.165) is 77.2 Å². The van der Waals surface area contributed by atoms with E-state index in [4.69, 9.17) is 14.5 Å². The van der Waals surface area contributed by atoms with Crippen molar-refractivity contribution in [1.29, 1.82) is 0 Å². The summed E-state index contributed by atoms with van der Waals surface area (Å²) in [4.78, 5) is 9.84. The average Bonchev–Trinajstić information content (AvgIpc) is 2.71. The van der Waals surface area contributed by atoms with Crippen LogP contribution in [0.15, 0.2) is 4.99 Å². The van der Waals surface area contributed by atoms with Crippen LogP contribution >= 0.6 is 24.0 Å². The van der Waals surface area contributed by atoms with Gasteiger partial charge in [0.25, 0.3) is 0 Å². The van der Waals surface area contributed by atoms with Gasteiger partial charge in [0.2, 0.25) is 0 Å². The van der Waals surface area contributed by atoms with Crippen molar-refractivity contribution in [1.82, 2.24) is 15.1 Å². The van der Waals surface area contributed by atoms with E-state index in [-0.39, 0.29) is 24.0 Å². The van der Waals surface area contributed by atoms with Crippen LogP contribution in [0.3, 0.4) is 0 Å². The van der Waals surface area contributed by atoms with Gasteiger partial charge >= 0.3 is 0 Å². The standard InChI is InChI=1S/C21H42N4O2.HI/c1-4-22-21(23-13-16-24(2)19-9-6-5-7-10-19)25-14-11-20(12-15-25)27-18-8-17-26-3;/h19-20H,4-18H2,1-3H3,(H,22,23);1H. The molecule has 1 saturated carbocycles. The molecule has 0 aromatic carbocycles. The van der Waals surface area contributed by atoms with Crippen molar-refractivity contribution in [3.05, 3.63) is 0 Å². The van der Waals surface area contributed by atoms with Crippen molar-refractivity contribution in [2.75, 3.05) is 60.1 Å². The van der Waals surface area contributed by atoms with Gasteiger partial charge in [0.1, 0.15) is 0 Å². The monoisotopic (exact) mass is 510 g/mol. The van der Waals surface area contributed by atoms with E-state index in [2.05, 4.69) is 29.1 Å². The van der Waals surface area contributed by atoms with Crippen LogP contribution in [-0.2, 0) is 9.47 Å². The quantitative estimate of drug-likeness (QED) is 0.212. The molecule has 1 aliphatic heterocycles. The molecule has 1 saturated heterocycles. The number of likely N-dealkylation sites (N-methyl/N-ethyl adjacent to an activating group) is 1. The molecule has 28 heavy (non-hydrogen) atoms. The summed E-state index contributed by atoms with van der Waals surface area (Å²) in [5, 5.41) is 3.48. The Bertz CT molecular complexity index is 411. The number of nitrogens with one attached hydrogen (secondary N) is 1. The van der Waals surface area contributed by atoms with Crippen molar-refractivity contribution >= 4 is 29.9 Å². The molecule has 1 N–H and O–H groups in total. The Kier molecular flexibility index (Phi) is 14.5. The Balaban J connectivity index is 0.00000392. The molecule has 6 nitrogen and oxygen atoms in total. The summed E-state index contributed by atoms with van der Waals surface area (Å²) in [6.45, 7) is 8.64. The number of piperidine rings is 1. The van der Waals surface area contributed by atoms with Gasteiger partial charge in [-0.15, -0.1) is 24.0 Å². The van der Waals surface area contributed by atoms with Crippen LogP contribution in [0.2, 0.25) is 0 Å². The topological polar surface area (TPSA) is 49.3 Å². The Morgan fingerprint density at radius 3 is 2.46 bits per heavy atom. The lowest BCUT2D eigenvalue weighted by atomic mass is 9.94. The van der Waals surface area contributed by atoms with Gasteiger partial charge in [-0.3, -0.25) is 4.99 Å². The highest BCUT2D eigenvalue weighted by Crippen LogP contribution is 2.21.